The van der Waals surface area contributed by atoms with Crippen molar-refractivity contribution in [3.05, 3.63) is 65.5 Å². The standard InChI is InChI=1S/C17H16N4O/c18-9-13-6-7-14-12(10-20-17(14)21-13)8-15(16(19)22)11-4-2-1-3-5-11/h1-8,10H,9,18H2,(H2,19,22)(H,20,21). The highest BCUT2D eigenvalue weighted by Crippen LogP contribution is 2.23. The Morgan fingerprint density at radius 1 is 1.18 bits per heavy atom. The fourth-order valence-electron chi connectivity index (χ4n) is 2.37. The molecule has 0 bridgehead atoms. The van der Waals surface area contributed by atoms with Gasteiger partial charge in [0.05, 0.1) is 5.69 Å². The van der Waals surface area contributed by atoms with Crippen LogP contribution < -0.4 is 11.5 Å². The lowest BCUT2D eigenvalue weighted by atomic mass is 10.0. The second-order valence-corrected chi connectivity index (χ2v) is 4.94. The number of nitrogens with zero attached hydrogens (tertiary/aromatic N) is 1. The van der Waals surface area contributed by atoms with Crippen molar-refractivity contribution >= 4 is 28.6 Å². The van der Waals surface area contributed by atoms with Gasteiger partial charge in [-0.25, -0.2) is 4.98 Å². The minimum Gasteiger partial charge on any atom is -0.366 e. The lowest BCUT2D eigenvalue weighted by Crippen LogP contribution is -2.12. The van der Waals surface area contributed by atoms with Gasteiger partial charge in [-0.2, -0.15) is 0 Å². The van der Waals surface area contributed by atoms with Gasteiger partial charge in [-0.1, -0.05) is 30.3 Å². The van der Waals surface area contributed by atoms with Gasteiger partial charge in [-0.15, -0.1) is 0 Å². The first kappa shape index (κ1) is 14.0. The highest BCUT2D eigenvalue weighted by Gasteiger charge is 2.10. The molecule has 5 heteroatoms. The van der Waals surface area contributed by atoms with E-state index in [1.54, 1.807) is 6.08 Å². The Kier molecular flexibility index (Phi) is 3.72. The maximum absolute atomic E-state index is 11.8. The van der Waals surface area contributed by atoms with E-state index in [1.165, 1.54) is 0 Å². The molecule has 3 rings (SSSR count). The van der Waals surface area contributed by atoms with Gasteiger partial charge in [0, 0.05) is 29.3 Å². The molecule has 1 amide bonds. The summed E-state index contributed by atoms with van der Waals surface area (Å²) in [5.41, 5.74) is 14.8. The molecule has 2 heterocycles. The van der Waals surface area contributed by atoms with Gasteiger partial charge < -0.3 is 16.5 Å². The summed E-state index contributed by atoms with van der Waals surface area (Å²) in [5, 5.41) is 0.923. The third kappa shape index (κ3) is 2.62. The minimum atomic E-state index is -0.466. The molecule has 0 saturated carbocycles. The summed E-state index contributed by atoms with van der Waals surface area (Å²) in [6, 6.07) is 13.2. The monoisotopic (exact) mass is 292 g/mol. The van der Waals surface area contributed by atoms with E-state index in [0.29, 0.717) is 12.1 Å². The molecule has 0 fully saturated rings. The number of aromatic amines is 1. The van der Waals surface area contributed by atoms with Gasteiger partial charge in [0.25, 0.3) is 0 Å². The Labute approximate surface area is 127 Å². The van der Waals surface area contributed by atoms with Crippen LogP contribution in [-0.2, 0) is 11.3 Å². The fraction of sp³-hybridized carbons (Fsp3) is 0.0588. The zero-order valence-corrected chi connectivity index (χ0v) is 11.9. The number of amides is 1. The van der Waals surface area contributed by atoms with E-state index in [9.17, 15) is 4.79 Å². The third-order valence-corrected chi connectivity index (χ3v) is 3.49. The van der Waals surface area contributed by atoms with Crippen LogP contribution in [0.5, 0.6) is 0 Å². The number of rotatable bonds is 4. The number of carbonyl (C=O) groups excluding carboxylic acids is 1. The summed E-state index contributed by atoms with van der Waals surface area (Å²) in [6.07, 6.45) is 3.59. The molecule has 0 saturated heterocycles. The van der Waals surface area contributed by atoms with Crippen LogP contribution in [0.1, 0.15) is 16.8 Å². The van der Waals surface area contributed by atoms with Crippen molar-refractivity contribution in [2.24, 2.45) is 11.5 Å². The molecule has 1 aromatic carbocycles. The minimum absolute atomic E-state index is 0.386. The Hall–Kier alpha value is -2.92. The van der Waals surface area contributed by atoms with Crippen molar-refractivity contribution in [2.45, 2.75) is 6.54 Å². The number of H-pyrrole nitrogens is 1. The van der Waals surface area contributed by atoms with Crippen molar-refractivity contribution in [3.63, 3.8) is 0 Å². The van der Waals surface area contributed by atoms with Crippen LogP contribution in [0.2, 0.25) is 0 Å². The lowest BCUT2D eigenvalue weighted by Gasteiger charge is -2.03. The van der Waals surface area contributed by atoms with E-state index in [0.717, 1.165) is 27.9 Å². The topological polar surface area (TPSA) is 97.8 Å². The molecule has 0 atom stereocenters. The zero-order chi connectivity index (χ0) is 15.5. The van der Waals surface area contributed by atoms with E-state index in [1.807, 2.05) is 48.7 Å². The summed E-state index contributed by atoms with van der Waals surface area (Å²) in [5.74, 6) is -0.466. The molecule has 5 N–H and O–H groups in total. The number of fused-ring (bicyclic) bond motifs is 1. The molecule has 0 spiro atoms. The molecule has 2 aromatic heterocycles. The van der Waals surface area contributed by atoms with Gasteiger partial charge >= 0.3 is 0 Å². The first-order valence-corrected chi connectivity index (χ1v) is 6.93. The summed E-state index contributed by atoms with van der Waals surface area (Å²) in [6.45, 7) is 0.386. The number of carbonyl (C=O) groups is 1. The predicted molar refractivity (Wildman–Crippen MR) is 87.5 cm³/mol. The van der Waals surface area contributed by atoms with Gasteiger partial charge in [-0.05, 0) is 23.8 Å². The SMILES string of the molecule is NCc1ccc2c(C=C(C(N)=O)c3ccccc3)c[nH]c2n1. The van der Waals surface area contributed by atoms with Gasteiger partial charge in [0.15, 0.2) is 0 Å². The maximum atomic E-state index is 11.8. The van der Waals surface area contributed by atoms with Crippen LogP contribution in [0.4, 0.5) is 0 Å². The van der Waals surface area contributed by atoms with Crippen LogP contribution in [0.3, 0.4) is 0 Å². The van der Waals surface area contributed by atoms with Crippen molar-refractivity contribution in [3.8, 4) is 0 Å². The largest absolute Gasteiger partial charge is 0.366 e. The summed E-state index contributed by atoms with van der Waals surface area (Å²) < 4.78 is 0. The molecule has 0 aliphatic carbocycles. The summed E-state index contributed by atoms with van der Waals surface area (Å²) >= 11 is 0. The number of nitrogens with one attached hydrogen (secondary N) is 1. The Morgan fingerprint density at radius 3 is 2.64 bits per heavy atom. The number of primary amides is 1. The third-order valence-electron chi connectivity index (χ3n) is 3.49. The highest BCUT2D eigenvalue weighted by molar-refractivity contribution is 6.24. The number of nitrogens with two attached hydrogens (primary N) is 2. The number of hydrogen-bond donors (Lipinski definition) is 3. The molecule has 0 radical (unpaired) electrons. The first-order valence-electron chi connectivity index (χ1n) is 6.93. The molecule has 110 valence electrons. The molecule has 0 aliphatic rings. The molecule has 0 aliphatic heterocycles. The van der Waals surface area contributed by atoms with Crippen LogP contribution in [0.15, 0.2) is 48.7 Å². The van der Waals surface area contributed by atoms with Crippen LogP contribution in [0.25, 0.3) is 22.7 Å². The normalized spacial score (nSPS) is 11.8. The quantitative estimate of drug-likeness (QED) is 0.642. The van der Waals surface area contributed by atoms with Crippen LogP contribution >= 0.6 is 0 Å². The number of pyridine rings is 1. The predicted octanol–water partition coefficient (Wildman–Crippen LogP) is 2.05. The van der Waals surface area contributed by atoms with Crippen molar-refractivity contribution < 1.29 is 4.79 Å². The second kappa shape index (κ2) is 5.83. The maximum Gasteiger partial charge on any atom is 0.249 e. The van der Waals surface area contributed by atoms with Crippen LogP contribution in [0, 0.1) is 0 Å². The zero-order valence-electron chi connectivity index (χ0n) is 11.9. The van der Waals surface area contributed by atoms with E-state index >= 15 is 0 Å². The van der Waals surface area contributed by atoms with Gasteiger partial charge in [-0.3, -0.25) is 4.79 Å². The fourth-order valence-corrected chi connectivity index (χ4v) is 2.37. The Morgan fingerprint density at radius 2 is 1.95 bits per heavy atom. The molecular weight excluding hydrogens is 276 g/mol. The number of benzene rings is 1. The molecule has 3 aromatic rings. The van der Waals surface area contributed by atoms with Crippen molar-refractivity contribution in [2.75, 3.05) is 0 Å². The molecule has 0 unspecified atom stereocenters. The molecule has 22 heavy (non-hydrogen) atoms. The molecular formula is C17H16N4O. The first-order chi connectivity index (χ1) is 10.7. The Balaban J connectivity index is 2.11. The summed E-state index contributed by atoms with van der Waals surface area (Å²) in [4.78, 5) is 19.3. The van der Waals surface area contributed by atoms with Crippen molar-refractivity contribution in [1.82, 2.24) is 9.97 Å². The van der Waals surface area contributed by atoms with Gasteiger partial charge in [0.1, 0.15) is 5.65 Å². The molecule has 5 nitrogen and oxygen atoms in total. The highest BCUT2D eigenvalue weighted by atomic mass is 16.1. The average molecular weight is 292 g/mol. The van der Waals surface area contributed by atoms with E-state index in [4.69, 9.17) is 11.5 Å². The Bertz CT molecular complexity index is 849. The second-order valence-electron chi connectivity index (χ2n) is 4.94. The van der Waals surface area contributed by atoms with E-state index in [-0.39, 0.29) is 0 Å². The van der Waals surface area contributed by atoms with E-state index < -0.39 is 5.91 Å². The van der Waals surface area contributed by atoms with Crippen molar-refractivity contribution in [1.29, 1.82) is 0 Å². The average Bonchev–Trinajstić information content (AvgIpc) is 2.95. The van der Waals surface area contributed by atoms with Gasteiger partial charge in [0.2, 0.25) is 5.91 Å². The van der Waals surface area contributed by atoms with Crippen LogP contribution in [-0.4, -0.2) is 15.9 Å². The number of hydrogen-bond acceptors (Lipinski definition) is 3. The smallest absolute Gasteiger partial charge is 0.249 e. The van der Waals surface area contributed by atoms with E-state index in [2.05, 4.69) is 9.97 Å². The lowest BCUT2D eigenvalue weighted by molar-refractivity contribution is -0.112. The summed E-state index contributed by atoms with van der Waals surface area (Å²) in [7, 11) is 0. The number of aromatic nitrogens is 2.